The van der Waals surface area contributed by atoms with Gasteiger partial charge >= 0.3 is 0 Å². The number of rotatable bonds is 6. The number of benzene rings is 1. The molecule has 1 fully saturated rings. The third-order valence-electron chi connectivity index (χ3n) is 4.51. The Morgan fingerprint density at radius 2 is 2.15 bits per heavy atom. The van der Waals surface area contributed by atoms with Crippen molar-refractivity contribution < 1.29 is 13.9 Å². The molecule has 1 aromatic carbocycles. The maximum Gasteiger partial charge on any atom is 0.232 e. The van der Waals surface area contributed by atoms with Crippen molar-refractivity contribution in [1.29, 1.82) is 0 Å². The average molecular weight is 377 g/mol. The van der Waals surface area contributed by atoms with Crippen LogP contribution in [0.25, 0.3) is 0 Å². The Labute approximate surface area is 154 Å². The first-order chi connectivity index (χ1) is 12.7. The summed E-state index contributed by atoms with van der Waals surface area (Å²) in [6.45, 7) is 2.83. The molecule has 0 bridgehead atoms. The number of anilines is 2. The van der Waals surface area contributed by atoms with E-state index < -0.39 is 0 Å². The molecule has 0 radical (unpaired) electrons. The van der Waals surface area contributed by atoms with Crippen molar-refractivity contribution in [2.45, 2.75) is 30.6 Å². The van der Waals surface area contributed by atoms with Gasteiger partial charge in [0, 0.05) is 31.9 Å². The highest BCUT2D eigenvalue weighted by Crippen LogP contribution is 2.31. The van der Waals surface area contributed by atoms with Crippen LogP contribution in [0.5, 0.6) is 0 Å². The highest BCUT2D eigenvalue weighted by molar-refractivity contribution is 7.99. The van der Waals surface area contributed by atoms with Crippen LogP contribution < -0.4 is 10.2 Å². The zero-order valence-electron chi connectivity index (χ0n) is 14.2. The summed E-state index contributed by atoms with van der Waals surface area (Å²) in [6.07, 6.45) is 2.21. The number of hydrogen-bond acceptors (Lipinski definition) is 6. The minimum Gasteiger partial charge on any atom is -0.376 e. The molecule has 3 heterocycles. The van der Waals surface area contributed by atoms with Gasteiger partial charge < -0.3 is 15.0 Å². The van der Waals surface area contributed by atoms with Crippen molar-refractivity contribution in [3.05, 3.63) is 30.1 Å². The Bertz CT molecular complexity index is 776. The molecule has 0 saturated carbocycles. The summed E-state index contributed by atoms with van der Waals surface area (Å²) in [5.41, 5.74) is 0.878. The van der Waals surface area contributed by atoms with E-state index >= 15 is 0 Å². The van der Waals surface area contributed by atoms with Crippen molar-refractivity contribution in [1.82, 2.24) is 20.1 Å². The van der Waals surface area contributed by atoms with E-state index in [-0.39, 0.29) is 17.8 Å². The van der Waals surface area contributed by atoms with Gasteiger partial charge in [-0.3, -0.25) is 9.36 Å². The first-order valence-corrected chi connectivity index (χ1v) is 9.66. The second kappa shape index (κ2) is 7.63. The summed E-state index contributed by atoms with van der Waals surface area (Å²) in [6, 6.07) is 6.32. The summed E-state index contributed by atoms with van der Waals surface area (Å²) >= 11 is 1.37. The molecule has 0 aliphatic carbocycles. The fraction of sp³-hybridized carbons (Fsp3) is 0.471. The Hall–Kier alpha value is -2.13. The van der Waals surface area contributed by atoms with E-state index in [2.05, 4.69) is 15.5 Å². The molecule has 1 aromatic heterocycles. The smallest absolute Gasteiger partial charge is 0.232 e. The lowest BCUT2D eigenvalue weighted by Crippen LogP contribution is -2.32. The monoisotopic (exact) mass is 377 g/mol. The van der Waals surface area contributed by atoms with Crippen LogP contribution >= 0.6 is 11.8 Å². The molecular formula is C17H20FN5O2S. The molecule has 26 heavy (non-hydrogen) atoms. The lowest BCUT2D eigenvalue weighted by Gasteiger charge is -2.14. The Morgan fingerprint density at radius 1 is 1.31 bits per heavy atom. The van der Waals surface area contributed by atoms with E-state index in [1.54, 1.807) is 12.1 Å². The van der Waals surface area contributed by atoms with E-state index in [4.69, 9.17) is 4.74 Å². The zero-order chi connectivity index (χ0) is 17.9. The Kier molecular flexibility index (Phi) is 5.07. The molecule has 138 valence electrons. The number of amides is 1. The maximum atomic E-state index is 13.1. The summed E-state index contributed by atoms with van der Waals surface area (Å²) in [4.78, 5) is 14.0. The van der Waals surface area contributed by atoms with Gasteiger partial charge in [0.25, 0.3) is 0 Å². The Morgan fingerprint density at radius 3 is 2.92 bits per heavy atom. The third-order valence-corrected chi connectivity index (χ3v) is 5.47. The maximum absolute atomic E-state index is 13.1. The standard InChI is InChI=1S/C17H20FN5O2S/c18-12-3-5-13(6-4-12)22-7-8-23-16(22)20-21-17(23)26-11-15(24)19-10-14-2-1-9-25-14/h3-6,14H,1-2,7-11H2,(H,19,24)/t14-/m1/s1. The molecule has 1 amide bonds. The van der Waals surface area contributed by atoms with Gasteiger partial charge in [-0.2, -0.15) is 0 Å². The SMILES string of the molecule is O=C(CSc1nnc2n1CCN2c1ccc(F)cc1)NC[C@H]1CCCO1. The topological polar surface area (TPSA) is 72.3 Å². The lowest BCUT2D eigenvalue weighted by atomic mass is 10.2. The van der Waals surface area contributed by atoms with Crippen LogP contribution in [0, 0.1) is 5.82 Å². The second-order valence-corrected chi connectivity index (χ2v) is 7.23. The van der Waals surface area contributed by atoms with E-state index in [1.165, 1.54) is 23.9 Å². The number of nitrogens with zero attached hydrogens (tertiary/aromatic N) is 4. The van der Waals surface area contributed by atoms with Gasteiger partial charge in [-0.05, 0) is 37.1 Å². The molecule has 0 spiro atoms. The minimum absolute atomic E-state index is 0.0313. The van der Waals surface area contributed by atoms with Crippen LogP contribution in [0.2, 0.25) is 0 Å². The number of carbonyl (C=O) groups excluding carboxylic acids is 1. The second-order valence-electron chi connectivity index (χ2n) is 6.29. The number of ether oxygens (including phenoxy) is 1. The van der Waals surface area contributed by atoms with Crippen molar-refractivity contribution in [3.8, 4) is 0 Å². The third kappa shape index (κ3) is 3.68. The van der Waals surface area contributed by atoms with Crippen molar-refractivity contribution >= 4 is 29.3 Å². The molecule has 4 rings (SSSR count). The first-order valence-electron chi connectivity index (χ1n) is 8.68. The van der Waals surface area contributed by atoms with Gasteiger partial charge in [-0.25, -0.2) is 4.39 Å². The number of carbonyl (C=O) groups is 1. The summed E-state index contributed by atoms with van der Waals surface area (Å²) in [7, 11) is 0. The molecule has 2 aromatic rings. The zero-order valence-corrected chi connectivity index (χ0v) is 15.0. The van der Waals surface area contributed by atoms with Crippen LogP contribution in [0.1, 0.15) is 12.8 Å². The molecule has 2 aliphatic heterocycles. The first kappa shape index (κ1) is 17.3. The number of thioether (sulfide) groups is 1. The molecule has 0 unspecified atom stereocenters. The van der Waals surface area contributed by atoms with Crippen LogP contribution in [0.3, 0.4) is 0 Å². The van der Waals surface area contributed by atoms with Crippen molar-refractivity contribution in [2.24, 2.45) is 0 Å². The van der Waals surface area contributed by atoms with Gasteiger partial charge in [0.2, 0.25) is 11.9 Å². The van der Waals surface area contributed by atoms with Gasteiger partial charge in [0.1, 0.15) is 5.82 Å². The summed E-state index contributed by atoms with van der Waals surface area (Å²) < 4.78 is 20.6. The van der Waals surface area contributed by atoms with Gasteiger partial charge in [-0.1, -0.05) is 11.8 Å². The fourth-order valence-electron chi connectivity index (χ4n) is 3.16. The predicted octanol–water partition coefficient (Wildman–Crippen LogP) is 1.96. The molecule has 2 aliphatic rings. The Balaban J connectivity index is 1.34. The fourth-order valence-corrected chi connectivity index (χ4v) is 3.95. The quantitative estimate of drug-likeness (QED) is 0.776. The van der Waals surface area contributed by atoms with Crippen LogP contribution in [0.15, 0.2) is 29.4 Å². The molecular weight excluding hydrogens is 357 g/mol. The van der Waals surface area contributed by atoms with Gasteiger partial charge in [0.15, 0.2) is 5.16 Å². The van der Waals surface area contributed by atoms with E-state index in [1.807, 2.05) is 9.47 Å². The number of fused-ring (bicyclic) bond motifs is 1. The van der Waals surface area contributed by atoms with Gasteiger partial charge in [-0.15, -0.1) is 10.2 Å². The van der Waals surface area contributed by atoms with E-state index in [0.29, 0.717) is 12.3 Å². The number of halogens is 1. The van der Waals surface area contributed by atoms with E-state index in [9.17, 15) is 9.18 Å². The largest absolute Gasteiger partial charge is 0.376 e. The van der Waals surface area contributed by atoms with Crippen molar-refractivity contribution in [2.75, 3.05) is 30.3 Å². The van der Waals surface area contributed by atoms with Crippen LogP contribution in [0.4, 0.5) is 16.0 Å². The summed E-state index contributed by atoms with van der Waals surface area (Å²) in [5.74, 6) is 0.719. The van der Waals surface area contributed by atoms with Crippen molar-refractivity contribution in [3.63, 3.8) is 0 Å². The number of aromatic nitrogens is 3. The van der Waals surface area contributed by atoms with Gasteiger partial charge in [0.05, 0.1) is 11.9 Å². The molecule has 1 atom stereocenters. The highest BCUT2D eigenvalue weighted by atomic mass is 32.2. The highest BCUT2D eigenvalue weighted by Gasteiger charge is 2.26. The molecule has 1 N–H and O–H groups in total. The lowest BCUT2D eigenvalue weighted by molar-refractivity contribution is -0.119. The minimum atomic E-state index is -0.264. The molecule has 1 saturated heterocycles. The number of hydrogen-bond donors (Lipinski definition) is 1. The number of nitrogens with one attached hydrogen (secondary N) is 1. The average Bonchev–Trinajstić information content (AvgIpc) is 3.37. The molecule has 9 heteroatoms. The summed E-state index contributed by atoms with van der Waals surface area (Å²) in [5, 5.41) is 12.1. The van der Waals surface area contributed by atoms with Crippen LogP contribution in [-0.2, 0) is 16.1 Å². The van der Waals surface area contributed by atoms with Crippen LogP contribution in [-0.4, -0.2) is 52.2 Å². The van der Waals surface area contributed by atoms with E-state index in [0.717, 1.165) is 49.3 Å². The normalized spacial score (nSPS) is 19.0. The molecule has 7 nitrogen and oxygen atoms in total. The predicted molar refractivity (Wildman–Crippen MR) is 96.1 cm³/mol.